The van der Waals surface area contributed by atoms with Gasteiger partial charge in [-0.2, -0.15) is 5.10 Å². The highest BCUT2D eigenvalue weighted by Gasteiger charge is 2.13. The molecule has 1 aromatic carbocycles. The van der Waals surface area contributed by atoms with Gasteiger partial charge in [0.2, 0.25) is 0 Å². The fourth-order valence-corrected chi connectivity index (χ4v) is 2.62. The van der Waals surface area contributed by atoms with Gasteiger partial charge < -0.3 is 5.73 Å². The lowest BCUT2D eigenvalue weighted by Gasteiger charge is -2.04. The topological polar surface area (TPSA) is 43.8 Å². The van der Waals surface area contributed by atoms with Crippen LogP contribution in [0, 0.1) is 0 Å². The van der Waals surface area contributed by atoms with Gasteiger partial charge in [-0.1, -0.05) is 31.2 Å². The number of rotatable bonds is 3. The van der Waals surface area contributed by atoms with Gasteiger partial charge in [0.25, 0.3) is 0 Å². The van der Waals surface area contributed by atoms with Crippen LogP contribution in [0.5, 0.6) is 0 Å². The van der Waals surface area contributed by atoms with Crippen LogP contribution in [0.25, 0.3) is 11.3 Å². The van der Waals surface area contributed by atoms with Gasteiger partial charge in [0.15, 0.2) is 0 Å². The number of halogens is 1. The zero-order valence-corrected chi connectivity index (χ0v) is 11.7. The van der Waals surface area contributed by atoms with Gasteiger partial charge in [-0.3, -0.25) is 4.68 Å². The van der Waals surface area contributed by atoms with E-state index < -0.39 is 0 Å². The number of benzene rings is 1. The Bertz CT molecular complexity index is 514. The maximum Gasteiger partial charge on any atom is 0.0908 e. The predicted octanol–water partition coefficient (Wildman–Crippen LogP) is 2.87. The Morgan fingerprint density at radius 2 is 1.94 bits per heavy atom. The van der Waals surface area contributed by atoms with Crippen LogP contribution >= 0.6 is 15.9 Å². The first kappa shape index (κ1) is 12.3. The first-order chi connectivity index (χ1) is 8.17. The molecule has 0 radical (unpaired) electrons. The molecule has 0 spiro atoms. The minimum absolute atomic E-state index is 0.446. The van der Waals surface area contributed by atoms with E-state index >= 15 is 0 Å². The molecule has 0 saturated carbocycles. The second kappa shape index (κ2) is 5.02. The zero-order chi connectivity index (χ0) is 12.4. The average Bonchev–Trinajstić information content (AvgIpc) is 2.64. The molecule has 0 atom stereocenters. The molecular weight excluding hydrogens is 278 g/mol. The van der Waals surface area contributed by atoms with Crippen LogP contribution in [0.3, 0.4) is 0 Å². The lowest BCUT2D eigenvalue weighted by molar-refractivity contribution is 0.749. The second-order valence-corrected chi connectivity index (χ2v) is 4.78. The number of nitrogens with two attached hydrogens (primary N) is 1. The standard InChI is InChI=1S/C13H16BrN3/c1-3-9-4-6-10(7-5-9)13-12(14)11(8-15)16-17(13)2/h4-7H,3,8,15H2,1-2H3. The molecule has 17 heavy (non-hydrogen) atoms. The van der Waals surface area contributed by atoms with Crippen molar-refractivity contribution in [1.82, 2.24) is 9.78 Å². The molecule has 0 saturated heterocycles. The summed E-state index contributed by atoms with van der Waals surface area (Å²) in [5, 5.41) is 4.39. The molecule has 1 aromatic heterocycles. The summed E-state index contributed by atoms with van der Waals surface area (Å²) in [6.45, 7) is 2.60. The van der Waals surface area contributed by atoms with Gasteiger partial charge in [0.05, 0.1) is 15.9 Å². The third-order valence-corrected chi connectivity index (χ3v) is 3.72. The van der Waals surface area contributed by atoms with Crippen molar-refractivity contribution in [3.63, 3.8) is 0 Å². The van der Waals surface area contributed by atoms with Gasteiger partial charge in [-0.15, -0.1) is 0 Å². The van der Waals surface area contributed by atoms with Crippen LogP contribution < -0.4 is 5.73 Å². The predicted molar refractivity (Wildman–Crippen MR) is 73.6 cm³/mol. The van der Waals surface area contributed by atoms with Crippen molar-refractivity contribution in [2.24, 2.45) is 12.8 Å². The van der Waals surface area contributed by atoms with Crippen LogP contribution in [0.2, 0.25) is 0 Å². The van der Waals surface area contributed by atoms with E-state index in [9.17, 15) is 0 Å². The van der Waals surface area contributed by atoms with Gasteiger partial charge in [0.1, 0.15) is 0 Å². The molecule has 90 valence electrons. The Hall–Kier alpha value is -1.13. The molecule has 0 fully saturated rings. The number of aryl methyl sites for hydroxylation is 2. The Kier molecular flexibility index (Phi) is 3.64. The summed E-state index contributed by atoms with van der Waals surface area (Å²) in [5.74, 6) is 0. The number of hydrogen-bond donors (Lipinski definition) is 1. The molecular formula is C13H16BrN3. The second-order valence-electron chi connectivity index (χ2n) is 3.99. The Morgan fingerprint density at radius 1 is 1.29 bits per heavy atom. The zero-order valence-electron chi connectivity index (χ0n) is 10.1. The molecule has 2 rings (SSSR count). The van der Waals surface area contributed by atoms with E-state index in [4.69, 9.17) is 5.73 Å². The highest BCUT2D eigenvalue weighted by molar-refractivity contribution is 9.10. The first-order valence-electron chi connectivity index (χ1n) is 5.68. The lowest BCUT2D eigenvalue weighted by atomic mass is 10.1. The lowest BCUT2D eigenvalue weighted by Crippen LogP contribution is -1.99. The van der Waals surface area contributed by atoms with Crippen molar-refractivity contribution in [3.8, 4) is 11.3 Å². The molecule has 2 aromatic rings. The largest absolute Gasteiger partial charge is 0.325 e. The minimum Gasteiger partial charge on any atom is -0.325 e. The third kappa shape index (κ3) is 2.28. The van der Waals surface area contributed by atoms with Crippen molar-refractivity contribution in [2.75, 3.05) is 0 Å². The average molecular weight is 294 g/mol. The summed E-state index contributed by atoms with van der Waals surface area (Å²) in [6.07, 6.45) is 1.06. The van der Waals surface area contributed by atoms with Crippen molar-refractivity contribution in [3.05, 3.63) is 40.0 Å². The van der Waals surface area contributed by atoms with Gasteiger partial charge in [-0.25, -0.2) is 0 Å². The highest BCUT2D eigenvalue weighted by atomic mass is 79.9. The summed E-state index contributed by atoms with van der Waals surface area (Å²) in [5.41, 5.74) is 10.1. The van der Waals surface area contributed by atoms with Crippen LogP contribution in [0.15, 0.2) is 28.7 Å². The van der Waals surface area contributed by atoms with E-state index in [-0.39, 0.29) is 0 Å². The molecule has 2 N–H and O–H groups in total. The summed E-state index contributed by atoms with van der Waals surface area (Å²) in [7, 11) is 1.94. The fraction of sp³-hybridized carbons (Fsp3) is 0.308. The summed E-state index contributed by atoms with van der Waals surface area (Å²) in [6, 6.07) is 8.55. The van der Waals surface area contributed by atoms with Crippen LogP contribution in [0.1, 0.15) is 18.2 Å². The molecule has 0 unspecified atom stereocenters. The maximum absolute atomic E-state index is 5.65. The van der Waals surface area contributed by atoms with Gasteiger partial charge >= 0.3 is 0 Å². The SMILES string of the molecule is CCc1ccc(-c2c(Br)c(CN)nn2C)cc1. The normalized spacial score (nSPS) is 10.8. The maximum atomic E-state index is 5.65. The monoisotopic (exact) mass is 293 g/mol. The quantitative estimate of drug-likeness (QED) is 0.946. The van der Waals surface area contributed by atoms with Crippen molar-refractivity contribution in [1.29, 1.82) is 0 Å². The van der Waals surface area contributed by atoms with Crippen LogP contribution in [-0.4, -0.2) is 9.78 Å². The smallest absolute Gasteiger partial charge is 0.0908 e. The van der Waals surface area contributed by atoms with E-state index in [1.807, 2.05) is 11.7 Å². The molecule has 1 heterocycles. The van der Waals surface area contributed by atoms with E-state index in [1.54, 1.807) is 0 Å². The Balaban J connectivity index is 2.48. The van der Waals surface area contributed by atoms with Crippen LogP contribution in [-0.2, 0) is 20.0 Å². The third-order valence-electron chi connectivity index (χ3n) is 2.88. The van der Waals surface area contributed by atoms with Gasteiger partial charge in [0, 0.05) is 19.2 Å². The van der Waals surface area contributed by atoms with E-state index in [1.165, 1.54) is 5.56 Å². The van der Waals surface area contributed by atoms with Gasteiger partial charge in [-0.05, 0) is 27.9 Å². The number of hydrogen-bond acceptors (Lipinski definition) is 2. The van der Waals surface area contributed by atoms with Crippen LogP contribution in [0.4, 0.5) is 0 Å². The molecule has 0 aliphatic heterocycles. The molecule has 0 bridgehead atoms. The molecule has 0 aliphatic rings. The molecule has 0 amide bonds. The number of nitrogens with zero attached hydrogens (tertiary/aromatic N) is 2. The number of aromatic nitrogens is 2. The highest BCUT2D eigenvalue weighted by Crippen LogP contribution is 2.30. The fourth-order valence-electron chi connectivity index (χ4n) is 1.90. The summed E-state index contributed by atoms with van der Waals surface area (Å²) < 4.78 is 2.86. The van der Waals surface area contributed by atoms with Crippen molar-refractivity contribution < 1.29 is 0 Å². The molecule has 3 nitrogen and oxygen atoms in total. The van der Waals surface area contributed by atoms with E-state index in [0.29, 0.717) is 6.54 Å². The van der Waals surface area contributed by atoms with E-state index in [2.05, 4.69) is 52.2 Å². The van der Waals surface area contributed by atoms with E-state index in [0.717, 1.165) is 27.8 Å². The van der Waals surface area contributed by atoms with Crippen molar-refractivity contribution in [2.45, 2.75) is 19.9 Å². The molecule has 4 heteroatoms. The molecule has 0 aliphatic carbocycles. The Morgan fingerprint density at radius 3 is 2.41 bits per heavy atom. The first-order valence-corrected chi connectivity index (χ1v) is 6.47. The Labute approximate surface area is 110 Å². The van der Waals surface area contributed by atoms with Crippen molar-refractivity contribution >= 4 is 15.9 Å². The summed E-state index contributed by atoms with van der Waals surface area (Å²) in [4.78, 5) is 0. The minimum atomic E-state index is 0.446. The summed E-state index contributed by atoms with van der Waals surface area (Å²) >= 11 is 3.57.